The summed E-state index contributed by atoms with van der Waals surface area (Å²) in [6, 6.07) is 0. The van der Waals surface area contributed by atoms with Crippen LogP contribution in [0.3, 0.4) is 0 Å². The van der Waals surface area contributed by atoms with E-state index in [-0.39, 0.29) is 5.75 Å². The molecule has 0 saturated heterocycles. The molecule has 0 rings (SSSR count). The third-order valence-corrected chi connectivity index (χ3v) is 2.01. The molecule has 0 aromatic heterocycles. The van der Waals surface area contributed by atoms with E-state index in [4.69, 9.17) is 0 Å². The van der Waals surface area contributed by atoms with Gasteiger partial charge in [-0.25, -0.2) is 8.42 Å². The Kier molecular flexibility index (Phi) is 2.68. The lowest BCUT2D eigenvalue weighted by atomic mass is 11.0. The van der Waals surface area contributed by atoms with Crippen LogP contribution in [0.25, 0.3) is 0 Å². The van der Waals surface area contributed by atoms with Gasteiger partial charge in [0, 0.05) is 7.05 Å². The fraction of sp³-hybridized carbons (Fsp3) is 0.750. The third-order valence-electron chi connectivity index (χ3n) is 0.668. The first-order valence-electron chi connectivity index (χ1n) is 2.27. The molecule has 4 heteroatoms. The molecule has 0 radical (unpaired) electrons. The highest BCUT2D eigenvalue weighted by molar-refractivity contribution is 8.04. The SMILES string of the molecule is CCS(=O)(=O)C=NC. The van der Waals surface area contributed by atoms with Crippen molar-refractivity contribution in [3.63, 3.8) is 0 Å². The second-order valence-corrected chi connectivity index (χ2v) is 3.43. The Hall–Kier alpha value is -0.380. The number of aliphatic imine (C=N–C) groups is 1. The lowest BCUT2D eigenvalue weighted by Gasteiger charge is -1.85. The Labute approximate surface area is 49.4 Å². The molecule has 3 nitrogen and oxygen atoms in total. The van der Waals surface area contributed by atoms with Gasteiger partial charge in [-0.05, 0) is 0 Å². The van der Waals surface area contributed by atoms with Crippen molar-refractivity contribution < 1.29 is 8.42 Å². The monoisotopic (exact) mass is 135 g/mol. The predicted molar refractivity (Wildman–Crippen MR) is 33.9 cm³/mol. The number of hydrogen-bond donors (Lipinski definition) is 0. The van der Waals surface area contributed by atoms with Crippen molar-refractivity contribution in [3.8, 4) is 0 Å². The van der Waals surface area contributed by atoms with E-state index in [1.54, 1.807) is 6.92 Å². The minimum Gasteiger partial charge on any atom is -0.284 e. The second kappa shape index (κ2) is 2.81. The Balaban J connectivity index is 4.17. The molecule has 0 aliphatic heterocycles. The molecule has 0 fully saturated rings. The highest BCUT2D eigenvalue weighted by atomic mass is 32.2. The van der Waals surface area contributed by atoms with Crippen LogP contribution in [0.5, 0.6) is 0 Å². The summed E-state index contributed by atoms with van der Waals surface area (Å²) < 4.78 is 20.9. The van der Waals surface area contributed by atoms with E-state index < -0.39 is 9.84 Å². The molecule has 0 amide bonds. The van der Waals surface area contributed by atoms with E-state index in [0.717, 1.165) is 5.55 Å². The van der Waals surface area contributed by atoms with Crippen molar-refractivity contribution in [3.05, 3.63) is 0 Å². The summed E-state index contributed by atoms with van der Waals surface area (Å²) in [6.45, 7) is 1.58. The van der Waals surface area contributed by atoms with Gasteiger partial charge in [-0.15, -0.1) is 0 Å². The van der Waals surface area contributed by atoms with Crippen molar-refractivity contribution in [2.45, 2.75) is 6.92 Å². The summed E-state index contributed by atoms with van der Waals surface area (Å²) in [7, 11) is -1.52. The lowest BCUT2D eigenvalue weighted by Crippen LogP contribution is -2.02. The largest absolute Gasteiger partial charge is 0.284 e. The maximum absolute atomic E-state index is 10.4. The van der Waals surface area contributed by atoms with E-state index in [9.17, 15) is 8.42 Å². The van der Waals surface area contributed by atoms with Gasteiger partial charge in [0.15, 0.2) is 9.84 Å². The first-order chi connectivity index (χ1) is 3.62. The average molecular weight is 135 g/mol. The van der Waals surface area contributed by atoms with Gasteiger partial charge in [-0.1, -0.05) is 6.92 Å². The molecule has 0 spiro atoms. The maximum Gasteiger partial charge on any atom is 0.187 e. The first-order valence-corrected chi connectivity index (χ1v) is 3.99. The van der Waals surface area contributed by atoms with Crippen LogP contribution in [0.15, 0.2) is 4.99 Å². The summed E-state index contributed by atoms with van der Waals surface area (Å²) in [6.07, 6.45) is 0. The summed E-state index contributed by atoms with van der Waals surface area (Å²) in [5, 5.41) is 0. The van der Waals surface area contributed by atoms with Crippen LogP contribution in [-0.4, -0.2) is 26.8 Å². The molecule has 0 aliphatic carbocycles. The van der Waals surface area contributed by atoms with Crippen molar-refractivity contribution in [2.75, 3.05) is 12.8 Å². The molecule has 0 unspecified atom stereocenters. The van der Waals surface area contributed by atoms with Gasteiger partial charge in [-0.2, -0.15) is 0 Å². The molecule has 0 heterocycles. The zero-order chi connectivity index (χ0) is 6.62. The van der Waals surface area contributed by atoms with Crippen LogP contribution in [0, 0.1) is 0 Å². The van der Waals surface area contributed by atoms with Gasteiger partial charge in [0.25, 0.3) is 0 Å². The highest BCUT2D eigenvalue weighted by Gasteiger charge is 1.98. The fourth-order valence-corrected chi connectivity index (χ4v) is 0.705. The number of sulfone groups is 1. The number of rotatable bonds is 2. The summed E-state index contributed by atoms with van der Waals surface area (Å²) >= 11 is 0. The van der Waals surface area contributed by atoms with Gasteiger partial charge in [-0.3, -0.25) is 4.99 Å². The van der Waals surface area contributed by atoms with Crippen LogP contribution in [0.4, 0.5) is 0 Å². The van der Waals surface area contributed by atoms with Crippen molar-refractivity contribution in [1.29, 1.82) is 0 Å². The second-order valence-electron chi connectivity index (χ2n) is 1.32. The van der Waals surface area contributed by atoms with E-state index >= 15 is 0 Å². The molecule has 8 heavy (non-hydrogen) atoms. The molecule has 0 bridgehead atoms. The zero-order valence-corrected chi connectivity index (χ0v) is 5.77. The van der Waals surface area contributed by atoms with Crippen LogP contribution in [0.1, 0.15) is 6.92 Å². The average Bonchev–Trinajstić information content (AvgIpc) is 1.67. The molecule has 0 aromatic carbocycles. The fourth-order valence-electron chi connectivity index (χ4n) is 0.235. The quantitative estimate of drug-likeness (QED) is 0.397. The normalized spacial score (nSPS) is 12.8. The van der Waals surface area contributed by atoms with Gasteiger partial charge in [0.1, 0.15) is 5.55 Å². The van der Waals surface area contributed by atoms with Gasteiger partial charge in [0.2, 0.25) is 0 Å². The van der Waals surface area contributed by atoms with Crippen LogP contribution >= 0.6 is 0 Å². The van der Waals surface area contributed by atoms with Crippen molar-refractivity contribution >= 4 is 15.4 Å². The van der Waals surface area contributed by atoms with Crippen LogP contribution in [0.2, 0.25) is 0 Å². The smallest absolute Gasteiger partial charge is 0.187 e. The van der Waals surface area contributed by atoms with E-state index in [1.807, 2.05) is 0 Å². The molecular weight excluding hydrogens is 126 g/mol. The van der Waals surface area contributed by atoms with Crippen molar-refractivity contribution in [2.24, 2.45) is 4.99 Å². The summed E-state index contributed by atoms with van der Waals surface area (Å²) in [5.41, 5.74) is 0.965. The molecule has 0 N–H and O–H groups in total. The van der Waals surface area contributed by atoms with Crippen LogP contribution in [-0.2, 0) is 9.84 Å². The molecule has 0 saturated carbocycles. The van der Waals surface area contributed by atoms with E-state index in [0.29, 0.717) is 0 Å². The molecule has 0 atom stereocenters. The van der Waals surface area contributed by atoms with Crippen molar-refractivity contribution in [1.82, 2.24) is 0 Å². The lowest BCUT2D eigenvalue weighted by molar-refractivity contribution is 0.609. The zero-order valence-electron chi connectivity index (χ0n) is 4.96. The minimum atomic E-state index is -2.96. The molecule has 0 aromatic rings. The van der Waals surface area contributed by atoms with Gasteiger partial charge < -0.3 is 0 Å². The predicted octanol–water partition coefficient (Wildman–Crippen LogP) is 0.0792. The highest BCUT2D eigenvalue weighted by Crippen LogP contribution is 1.80. The van der Waals surface area contributed by atoms with E-state index in [1.165, 1.54) is 7.05 Å². The molecule has 48 valence electrons. The van der Waals surface area contributed by atoms with E-state index in [2.05, 4.69) is 4.99 Å². The first kappa shape index (κ1) is 7.62. The Morgan fingerprint density at radius 1 is 1.62 bits per heavy atom. The van der Waals surface area contributed by atoms with Gasteiger partial charge >= 0.3 is 0 Å². The Bertz CT molecular complexity index is 168. The minimum absolute atomic E-state index is 0.129. The summed E-state index contributed by atoms with van der Waals surface area (Å²) in [5.74, 6) is 0.129. The Morgan fingerprint density at radius 3 is 2.25 bits per heavy atom. The third kappa shape index (κ3) is 2.74. The summed E-state index contributed by atoms with van der Waals surface area (Å²) in [4.78, 5) is 3.37. The maximum atomic E-state index is 10.4. The topological polar surface area (TPSA) is 46.5 Å². The standard InChI is InChI=1S/C4H9NO2S/c1-3-8(6,7)4-5-2/h4H,3H2,1-2H3. The molecule has 0 aliphatic rings. The van der Waals surface area contributed by atoms with Crippen LogP contribution < -0.4 is 0 Å². The Morgan fingerprint density at radius 2 is 2.12 bits per heavy atom. The number of nitrogens with zero attached hydrogens (tertiary/aromatic N) is 1. The number of hydrogen-bond acceptors (Lipinski definition) is 3. The molecular formula is C4H9NO2S. The van der Waals surface area contributed by atoms with Gasteiger partial charge in [0.05, 0.1) is 5.75 Å².